The van der Waals surface area contributed by atoms with Crippen molar-refractivity contribution in [2.75, 3.05) is 5.73 Å². The van der Waals surface area contributed by atoms with E-state index in [1.165, 1.54) is 12.3 Å². The molecular weight excluding hydrogens is 291 g/mol. The number of nitrogens with zero attached hydrogens (tertiary/aromatic N) is 3. The van der Waals surface area contributed by atoms with Gasteiger partial charge in [-0.25, -0.2) is 4.39 Å². The lowest BCUT2D eigenvalue weighted by Gasteiger charge is -2.02. The van der Waals surface area contributed by atoms with Crippen LogP contribution in [0.3, 0.4) is 0 Å². The molecule has 2 heterocycles. The zero-order valence-corrected chi connectivity index (χ0v) is 11.8. The number of anilines is 1. The summed E-state index contributed by atoms with van der Waals surface area (Å²) in [6.07, 6.45) is 4.40. The summed E-state index contributed by atoms with van der Waals surface area (Å²) in [4.78, 5) is 3.81. The second kappa shape index (κ2) is 5.54. The fourth-order valence-corrected chi connectivity index (χ4v) is 2.19. The van der Waals surface area contributed by atoms with Crippen molar-refractivity contribution in [3.63, 3.8) is 0 Å². The lowest BCUT2D eigenvalue weighted by Crippen LogP contribution is -2.00. The minimum Gasteiger partial charge on any atom is -0.396 e. The van der Waals surface area contributed by atoms with E-state index >= 15 is 0 Å². The molecule has 2 N–H and O–H groups in total. The summed E-state index contributed by atoms with van der Waals surface area (Å²) in [5.41, 5.74) is 8.56. The Balaban J connectivity index is 1.89. The molecule has 0 atom stereocenters. The van der Waals surface area contributed by atoms with Crippen LogP contribution in [0.2, 0.25) is 5.02 Å². The molecule has 0 bridgehead atoms. The van der Waals surface area contributed by atoms with Crippen LogP contribution in [-0.4, -0.2) is 14.8 Å². The van der Waals surface area contributed by atoms with E-state index in [1.54, 1.807) is 10.9 Å². The Morgan fingerprint density at radius 1 is 1.19 bits per heavy atom. The predicted octanol–water partition coefficient (Wildman–Crippen LogP) is 3.37. The summed E-state index contributed by atoms with van der Waals surface area (Å²) in [6.45, 7) is 0.560. The average Bonchev–Trinajstić information content (AvgIpc) is 2.82. The van der Waals surface area contributed by atoms with Crippen molar-refractivity contribution in [2.24, 2.45) is 0 Å². The summed E-state index contributed by atoms with van der Waals surface area (Å²) in [5, 5.41) is 5.08. The van der Waals surface area contributed by atoms with E-state index in [-0.39, 0.29) is 0 Å². The Kier molecular flexibility index (Phi) is 3.58. The third-order valence-corrected chi connectivity index (χ3v) is 3.28. The largest absolute Gasteiger partial charge is 0.396 e. The fraction of sp³-hybridized carbons (Fsp3) is 0.0667. The topological polar surface area (TPSA) is 56.7 Å². The number of rotatable bonds is 3. The SMILES string of the molecule is Nc1cn(Cc2ccc(Cl)cc2)nc1-c1cncc(F)c1. The molecule has 0 saturated heterocycles. The highest BCUT2D eigenvalue weighted by molar-refractivity contribution is 6.30. The number of pyridine rings is 1. The molecule has 1 aromatic carbocycles. The minimum atomic E-state index is -0.417. The molecule has 3 aromatic rings. The van der Waals surface area contributed by atoms with Crippen molar-refractivity contribution in [3.8, 4) is 11.3 Å². The number of nitrogen functional groups attached to an aromatic ring is 1. The van der Waals surface area contributed by atoms with E-state index < -0.39 is 5.82 Å². The van der Waals surface area contributed by atoms with Crippen molar-refractivity contribution in [1.29, 1.82) is 0 Å². The Labute approximate surface area is 126 Å². The molecule has 0 radical (unpaired) electrons. The van der Waals surface area contributed by atoms with Crippen LogP contribution in [0.25, 0.3) is 11.3 Å². The molecule has 21 heavy (non-hydrogen) atoms. The number of hydrogen-bond acceptors (Lipinski definition) is 3. The van der Waals surface area contributed by atoms with Crippen LogP contribution in [0.5, 0.6) is 0 Å². The average molecular weight is 303 g/mol. The lowest BCUT2D eigenvalue weighted by atomic mass is 10.2. The van der Waals surface area contributed by atoms with Crippen molar-refractivity contribution < 1.29 is 4.39 Å². The van der Waals surface area contributed by atoms with Crippen LogP contribution in [-0.2, 0) is 6.54 Å². The first-order valence-corrected chi connectivity index (χ1v) is 6.68. The van der Waals surface area contributed by atoms with E-state index in [4.69, 9.17) is 17.3 Å². The summed E-state index contributed by atoms with van der Waals surface area (Å²) < 4.78 is 14.9. The van der Waals surface area contributed by atoms with Crippen LogP contribution in [0.1, 0.15) is 5.56 Å². The van der Waals surface area contributed by atoms with Crippen molar-refractivity contribution in [3.05, 3.63) is 65.3 Å². The highest BCUT2D eigenvalue weighted by Gasteiger charge is 2.10. The van der Waals surface area contributed by atoms with Gasteiger partial charge in [-0.05, 0) is 23.8 Å². The maximum absolute atomic E-state index is 13.2. The third kappa shape index (κ3) is 3.03. The van der Waals surface area contributed by atoms with Crippen molar-refractivity contribution >= 4 is 17.3 Å². The number of nitrogens with two attached hydrogens (primary N) is 1. The molecule has 4 nitrogen and oxygen atoms in total. The zero-order chi connectivity index (χ0) is 14.8. The van der Waals surface area contributed by atoms with E-state index in [2.05, 4.69) is 10.1 Å². The molecule has 0 aliphatic carbocycles. The third-order valence-electron chi connectivity index (χ3n) is 3.03. The molecule has 0 unspecified atom stereocenters. The van der Waals surface area contributed by atoms with Crippen LogP contribution in [0.15, 0.2) is 48.9 Å². The summed E-state index contributed by atoms with van der Waals surface area (Å²) in [6, 6.07) is 8.84. The number of benzene rings is 1. The second-order valence-corrected chi connectivity index (χ2v) is 5.09. The molecule has 0 aliphatic heterocycles. The number of halogens is 2. The highest BCUT2D eigenvalue weighted by Crippen LogP contribution is 2.24. The van der Waals surface area contributed by atoms with E-state index in [1.807, 2.05) is 24.3 Å². The summed E-state index contributed by atoms with van der Waals surface area (Å²) in [5.74, 6) is -0.417. The number of hydrogen-bond donors (Lipinski definition) is 1. The van der Waals surface area contributed by atoms with Crippen LogP contribution in [0.4, 0.5) is 10.1 Å². The quantitative estimate of drug-likeness (QED) is 0.807. The molecule has 3 rings (SSSR count). The van der Waals surface area contributed by atoms with Gasteiger partial charge in [-0.1, -0.05) is 23.7 Å². The maximum Gasteiger partial charge on any atom is 0.142 e. The second-order valence-electron chi connectivity index (χ2n) is 4.65. The predicted molar refractivity (Wildman–Crippen MR) is 80.4 cm³/mol. The Morgan fingerprint density at radius 2 is 1.95 bits per heavy atom. The molecule has 106 valence electrons. The van der Waals surface area contributed by atoms with E-state index in [0.717, 1.165) is 11.8 Å². The first kappa shape index (κ1) is 13.6. The molecule has 0 spiro atoms. The molecule has 2 aromatic heterocycles. The molecule has 6 heteroatoms. The van der Waals surface area contributed by atoms with Crippen LogP contribution >= 0.6 is 11.6 Å². The van der Waals surface area contributed by atoms with Gasteiger partial charge >= 0.3 is 0 Å². The standard InChI is InChI=1S/C15H12ClFN4/c16-12-3-1-10(2-4-12)8-21-9-14(18)15(20-21)11-5-13(17)7-19-6-11/h1-7,9H,8,18H2. The van der Waals surface area contributed by atoms with Gasteiger partial charge < -0.3 is 5.73 Å². The Morgan fingerprint density at radius 3 is 2.67 bits per heavy atom. The van der Waals surface area contributed by atoms with E-state index in [9.17, 15) is 4.39 Å². The first-order chi connectivity index (χ1) is 10.1. The Hall–Kier alpha value is -2.40. The summed E-state index contributed by atoms with van der Waals surface area (Å²) in [7, 11) is 0. The van der Waals surface area contributed by atoms with Gasteiger partial charge in [-0.15, -0.1) is 0 Å². The maximum atomic E-state index is 13.2. The first-order valence-electron chi connectivity index (χ1n) is 6.30. The lowest BCUT2D eigenvalue weighted by molar-refractivity contribution is 0.621. The van der Waals surface area contributed by atoms with E-state index in [0.29, 0.717) is 28.5 Å². The van der Waals surface area contributed by atoms with Crippen molar-refractivity contribution in [2.45, 2.75) is 6.54 Å². The molecular formula is C15H12ClFN4. The minimum absolute atomic E-state index is 0.417. The van der Waals surface area contributed by atoms with Gasteiger partial charge in [0.25, 0.3) is 0 Å². The van der Waals surface area contributed by atoms with Crippen LogP contribution in [0, 0.1) is 5.82 Å². The Bertz CT molecular complexity index is 768. The monoisotopic (exact) mass is 302 g/mol. The zero-order valence-electron chi connectivity index (χ0n) is 11.0. The van der Waals surface area contributed by atoms with Gasteiger partial charge in [0.1, 0.15) is 11.5 Å². The smallest absolute Gasteiger partial charge is 0.142 e. The molecule has 0 fully saturated rings. The van der Waals surface area contributed by atoms with Crippen molar-refractivity contribution in [1.82, 2.24) is 14.8 Å². The van der Waals surface area contributed by atoms with Crippen LogP contribution < -0.4 is 5.73 Å². The molecule has 0 amide bonds. The molecule has 0 saturated carbocycles. The summed E-state index contributed by atoms with van der Waals surface area (Å²) >= 11 is 5.85. The van der Waals surface area contributed by atoms with Gasteiger partial charge in [-0.3, -0.25) is 9.67 Å². The van der Waals surface area contributed by atoms with Gasteiger partial charge in [0.15, 0.2) is 0 Å². The van der Waals surface area contributed by atoms with Gasteiger partial charge in [-0.2, -0.15) is 5.10 Å². The fourth-order valence-electron chi connectivity index (χ4n) is 2.06. The van der Waals surface area contributed by atoms with Gasteiger partial charge in [0, 0.05) is 23.0 Å². The highest BCUT2D eigenvalue weighted by atomic mass is 35.5. The van der Waals surface area contributed by atoms with Gasteiger partial charge in [0.2, 0.25) is 0 Å². The normalized spacial score (nSPS) is 10.8. The van der Waals surface area contributed by atoms with Gasteiger partial charge in [0.05, 0.1) is 18.4 Å². The number of aromatic nitrogens is 3. The molecule has 0 aliphatic rings.